The van der Waals surface area contributed by atoms with Crippen LogP contribution < -0.4 is 5.32 Å². The Morgan fingerprint density at radius 3 is 3.00 bits per heavy atom. The van der Waals surface area contributed by atoms with Crippen LogP contribution in [0.25, 0.3) is 0 Å². The predicted molar refractivity (Wildman–Crippen MR) is 94.9 cm³/mol. The third-order valence-corrected chi connectivity index (χ3v) is 5.83. The van der Waals surface area contributed by atoms with Crippen molar-refractivity contribution in [2.45, 2.75) is 32.2 Å². The number of nitrogens with one attached hydrogen (secondary N) is 1. The van der Waals surface area contributed by atoms with Crippen LogP contribution in [0.1, 0.15) is 34.9 Å². The number of aryl methyl sites for hydroxylation is 1. The van der Waals surface area contributed by atoms with Gasteiger partial charge < -0.3 is 5.32 Å². The summed E-state index contributed by atoms with van der Waals surface area (Å²) >= 11 is 1.87. The van der Waals surface area contributed by atoms with E-state index < -0.39 is 0 Å². The van der Waals surface area contributed by atoms with Crippen molar-refractivity contribution < 1.29 is 4.79 Å². The average Bonchev–Trinajstić information content (AvgIpc) is 3.23. The number of thiophene rings is 1. The lowest BCUT2D eigenvalue weighted by atomic mass is 9.96. The van der Waals surface area contributed by atoms with E-state index in [-0.39, 0.29) is 5.91 Å². The first-order valence-electron chi connectivity index (χ1n) is 8.37. The number of nitrogens with zero attached hydrogens (tertiary/aromatic N) is 1. The molecule has 120 valence electrons. The second-order valence-electron chi connectivity index (χ2n) is 6.72. The summed E-state index contributed by atoms with van der Waals surface area (Å²) in [6.07, 6.45) is 3.68. The van der Waals surface area contributed by atoms with E-state index in [0.29, 0.717) is 12.6 Å². The molecule has 2 aromatic rings. The maximum Gasteiger partial charge on any atom is 0.238 e. The number of carbonyl (C=O) groups excluding carboxylic acids is 1. The average molecular weight is 326 g/mol. The van der Waals surface area contributed by atoms with E-state index in [0.717, 1.165) is 24.6 Å². The van der Waals surface area contributed by atoms with E-state index in [2.05, 4.69) is 21.7 Å². The molecule has 1 amide bonds. The number of benzene rings is 1. The molecule has 1 aliphatic heterocycles. The maximum atomic E-state index is 12.5. The molecule has 3 nitrogen and oxygen atoms in total. The summed E-state index contributed by atoms with van der Waals surface area (Å²) in [7, 11) is 0. The Balaban J connectivity index is 1.46. The molecule has 0 radical (unpaired) electrons. The summed E-state index contributed by atoms with van der Waals surface area (Å²) in [5, 5.41) is 5.25. The molecule has 4 rings (SSSR count). The number of fused-ring (bicyclic) bond motifs is 1. The largest absolute Gasteiger partial charge is 0.325 e. The van der Waals surface area contributed by atoms with Crippen LogP contribution in [0.15, 0.2) is 35.7 Å². The molecule has 1 atom stereocenters. The number of hydrogen-bond acceptors (Lipinski definition) is 3. The molecule has 0 saturated heterocycles. The van der Waals surface area contributed by atoms with Crippen LogP contribution in [0.5, 0.6) is 0 Å². The number of carbonyl (C=O) groups is 1. The molecule has 2 aliphatic rings. The summed E-state index contributed by atoms with van der Waals surface area (Å²) < 4.78 is 0. The van der Waals surface area contributed by atoms with Gasteiger partial charge in [-0.15, -0.1) is 11.3 Å². The fourth-order valence-corrected chi connectivity index (χ4v) is 4.56. The molecule has 0 bridgehead atoms. The van der Waals surface area contributed by atoms with Gasteiger partial charge >= 0.3 is 0 Å². The maximum absolute atomic E-state index is 12.5. The highest BCUT2D eigenvalue weighted by Gasteiger charge is 2.40. The number of anilines is 1. The van der Waals surface area contributed by atoms with Crippen LogP contribution in [0, 0.1) is 12.8 Å². The summed E-state index contributed by atoms with van der Waals surface area (Å²) in [6.45, 7) is 3.53. The molecule has 4 heteroatoms. The van der Waals surface area contributed by atoms with Crippen LogP contribution in [0.3, 0.4) is 0 Å². The Kier molecular flexibility index (Phi) is 3.95. The Bertz CT molecular complexity index is 720. The highest BCUT2D eigenvalue weighted by atomic mass is 32.1. The van der Waals surface area contributed by atoms with Crippen molar-refractivity contribution in [3.8, 4) is 0 Å². The molecule has 1 aromatic heterocycles. The first kappa shape index (κ1) is 14.9. The first-order chi connectivity index (χ1) is 11.2. The van der Waals surface area contributed by atoms with Crippen molar-refractivity contribution >= 4 is 22.9 Å². The molecule has 0 spiro atoms. The molecule has 1 N–H and O–H groups in total. The highest BCUT2D eigenvalue weighted by Crippen LogP contribution is 2.48. The van der Waals surface area contributed by atoms with Crippen molar-refractivity contribution in [3.63, 3.8) is 0 Å². The third kappa shape index (κ3) is 3.19. The van der Waals surface area contributed by atoms with E-state index in [9.17, 15) is 4.79 Å². The number of hydrogen-bond donors (Lipinski definition) is 1. The van der Waals surface area contributed by atoms with Gasteiger partial charge in [-0.2, -0.15) is 0 Å². The minimum Gasteiger partial charge on any atom is -0.325 e. The standard InChI is InChI=1S/C19H22N2OS/c1-13-3-2-4-15(11-13)20-18(22)12-21-9-7-17-16(8-10-23-17)19(21)14-5-6-14/h2-4,8,10-11,14,19H,5-7,9,12H2,1H3,(H,20,22)/t19-/m1/s1. The molecule has 1 saturated carbocycles. The fraction of sp³-hybridized carbons (Fsp3) is 0.421. The molecule has 1 aliphatic carbocycles. The summed E-state index contributed by atoms with van der Waals surface area (Å²) in [4.78, 5) is 16.4. The highest BCUT2D eigenvalue weighted by molar-refractivity contribution is 7.10. The number of amides is 1. The summed E-state index contributed by atoms with van der Waals surface area (Å²) in [5.74, 6) is 0.843. The van der Waals surface area contributed by atoms with Gasteiger partial charge in [-0.25, -0.2) is 0 Å². The van der Waals surface area contributed by atoms with Crippen molar-refractivity contribution in [2.24, 2.45) is 5.92 Å². The topological polar surface area (TPSA) is 32.3 Å². The smallest absolute Gasteiger partial charge is 0.238 e. The van der Waals surface area contributed by atoms with Crippen LogP contribution in [-0.2, 0) is 11.2 Å². The zero-order chi connectivity index (χ0) is 15.8. The van der Waals surface area contributed by atoms with E-state index in [1.165, 1.54) is 28.8 Å². The van der Waals surface area contributed by atoms with Gasteiger partial charge in [0.15, 0.2) is 0 Å². The van der Waals surface area contributed by atoms with Gasteiger partial charge in [0.1, 0.15) is 0 Å². The SMILES string of the molecule is Cc1cccc(NC(=O)CN2CCc3sccc3[C@H]2C2CC2)c1. The van der Waals surface area contributed by atoms with Crippen molar-refractivity contribution in [2.75, 3.05) is 18.4 Å². The second kappa shape index (κ2) is 6.10. The molecule has 23 heavy (non-hydrogen) atoms. The molecule has 1 fully saturated rings. The molecule has 0 unspecified atom stereocenters. The first-order valence-corrected chi connectivity index (χ1v) is 9.25. The minimum absolute atomic E-state index is 0.0972. The zero-order valence-corrected chi connectivity index (χ0v) is 14.2. The van der Waals surface area contributed by atoms with Crippen molar-refractivity contribution in [1.29, 1.82) is 0 Å². The van der Waals surface area contributed by atoms with E-state index in [1.54, 1.807) is 0 Å². The Labute approximate surface area is 141 Å². The Morgan fingerprint density at radius 2 is 2.22 bits per heavy atom. The molecule has 2 heterocycles. The minimum atomic E-state index is 0.0972. The lowest BCUT2D eigenvalue weighted by molar-refractivity contribution is -0.118. The van der Waals surface area contributed by atoms with E-state index >= 15 is 0 Å². The van der Waals surface area contributed by atoms with Gasteiger partial charge in [-0.1, -0.05) is 12.1 Å². The Morgan fingerprint density at radius 1 is 1.35 bits per heavy atom. The van der Waals surface area contributed by atoms with Gasteiger partial charge in [0.25, 0.3) is 0 Å². The number of rotatable bonds is 4. The molecular formula is C19H22N2OS. The van der Waals surface area contributed by atoms with Crippen molar-refractivity contribution in [1.82, 2.24) is 4.90 Å². The monoisotopic (exact) mass is 326 g/mol. The van der Waals surface area contributed by atoms with Gasteiger partial charge in [-0.3, -0.25) is 9.69 Å². The predicted octanol–water partition coefficient (Wildman–Crippen LogP) is 4.00. The quantitative estimate of drug-likeness (QED) is 0.921. The molecular weight excluding hydrogens is 304 g/mol. The lowest BCUT2D eigenvalue weighted by Gasteiger charge is -2.35. The van der Waals surface area contributed by atoms with E-state index in [1.807, 2.05) is 42.5 Å². The van der Waals surface area contributed by atoms with Crippen molar-refractivity contribution in [3.05, 3.63) is 51.7 Å². The van der Waals surface area contributed by atoms with Crippen LogP contribution >= 0.6 is 11.3 Å². The third-order valence-electron chi connectivity index (χ3n) is 4.84. The second-order valence-corrected chi connectivity index (χ2v) is 7.72. The van der Waals surface area contributed by atoms with Gasteiger partial charge in [0, 0.05) is 23.2 Å². The zero-order valence-electron chi connectivity index (χ0n) is 13.4. The Hall–Kier alpha value is -1.65. The van der Waals surface area contributed by atoms with Crippen LogP contribution in [-0.4, -0.2) is 23.9 Å². The van der Waals surface area contributed by atoms with Gasteiger partial charge in [0.05, 0.1) is 6.54 Å². The van der Waals surface area contributed by atoms with E-state index in [4.69, 9.17) is 0 Å². The van der Waals surface area contributed by atoms with Crippen LogP contribution in [0.2, 0.25) is 0 Å². The summed E-state index contributed by atoms with van der Waals surface area (Å²) in [5.41, 5.74) is 3.54. The van der Waals surface area contributed by atoms with Gasteiger partial charge in [0.2, 0.25) is 5.91 Å². The van der Waals surface area contributed by atoms with Crippen LogP contribution in [0.4, 0.5) is 5.69 Å². The normalized spacial score (nSPS) is 21.0. The fourth-order valence-electron chi connectivity index (χ4n) is 3.65. The van der Waals surface area contributed by atoms with Gasteiger partial charge in [-0.05, 0) is 66.8 Å². The lowest BCUT2D eigenvalue weighted by Crippen LogP contribution is -2.41. The molecule has 1 aromatic carbocycles. The summed E-state index contributed by atoms with van der Waals surface area (Å²) in [6, 6.07) is 10.7.